The summed E-state index contributed by atoms with van der Waals surface area (Å²) >= 11 is 0. The van der Waals surface area contributed by atoms with E-state index in [2.05, 4.69) is 20.5 Å². The molecule has 2 aromatic rings. The SMILES string of the molecule is Cc1cc(C(=O)Nc2cccnn2)cc(N)n1. The van der Waals surface area contributed by atoms with Crippen LogP contribution in [0.15, 0.2) is 30.5 Å². The molecule has 0 bridgehead atoms. The van der Waals surface area contributed by atoms with Gasteiger partial charge in [0.05, 0.1) is 0 Å². The standard InChI is InChI=1S/C11H11N5O/c1-7-5-8(6-9(12)14-7)11(17)15-10-3-2-4-13-16-10/h2-6H,1H3,(H2,12,14)(H,15,16,17). The Hall–Kier alpha value is -2.50. The first-order valence-electron chi connectivity index (χ1n) is 4.98. The van der Waals surface area contributed by atoms with Gasteiger partial charge in [0.25, 0.3) is 5.91 Å². The molecule has 2 heterocycles. The molecule has 0 aliphatic heterocycles. The topological polar surface area (TPSA) is 93.8 Å². The van der Waals surface area contributed by atoms with E-state index in [0.29, 0.717) is 22.9 Å². The van der Waals surface area contributed by atoms with Crippen LogP contribution in [0.5, 0.6) is 0 Å². The summed E-state index contributed by atoms with van der Waals surface area (Å²) in [6.07, 6.45) is 1.53. The number of rotatable bonds is 2. The molecule has 17 heavy (non-hydrogen) atoms. The van der Waals surface area contributed by atoms with Crippen molar-refractivity contribution in [2.45, 2.75) is 6.92 Å². The lowest BCUT2D eigenvalue weighted by molar-refractivity contribution is 0.102. The first-order chi connectivity index (χ1) is 8.15. The van der Waals surface area contributed by atoms with Crippen molar-refractivity contribution >= 4 is 17.5 Å². The van der Waals surface area contributed by atoms with Gasteiger partial charge in [0.2, 0.25) is 0 Å². The van der Waals surface area contributed by atoms with Gasteiger partial charge in [-0.15, -0.1) is 5.10 Å². The number of anilines is 2. The van der Waals surface area contributed by atoms with Gasteiger partial charge in [0.15, 0.2) is 5.82 Å². The molecule has 0 saturated heterocycles. The van der Waals surface area contributed by atoms with Gasteiger partial charge in [-0.1, -0.05) is 0 Å². The highest BCUT2D eigenvalue weighted by molar-refractivity contribution is 6.04. The summed E-state index contributed by atoms with van der Waals surface area (Å²) in [4.78, 5) is 15.8. The van der Waals surface area contributed by atoms with Crippen LogP contribution in [0.2, 0.25) is 0 Å². The third-order valence-electron chi connectivity index (χ3n) is 2.05. The van der Waals surface area contributed by atoms with Gasteiger partial charge in [-0.05, 0) is 31.2 Å². The molecular weight excluding hydrogens is 218 g/mol. The normalized spacial score (nSPS) is 9.94. The molecule has 6 nitrogen and oxygen atoms in total. The summed E-state index contributed by atoms with van der Waals surface area (Å²) in [6.45, 7) is 1.77. The Kier molecular flexibility index (Phi) is 2.95. The Morgan fingerprint density at radius 2 is 2.24 bits per heavy atom. The number of aromatic nitrogens is 3. The van der Waals surface area contributed by atoms with Crippen molar-refractivity contribution in [3.8, 4) is 0 Å². The molecule has 0 spiro atoms. The maximum Gasteiger partial charge on any atom is 0.257 e. The molecule has 1 amide bonds. The predicted octanol–water partition coefficient (Wildman–Crippen LogP) is 1.01. The van der Waals surface area contributed by atoms with Gasteiger partial charge in [-0.25, -0.2) is 4.98 Å². The highest BCUT2D eigenvalue weighted by Crippen LogP contribution is 2.09. The van der Waals surface area contributed by atoms with E-state index in [1.807, 2.05) is 0 Å². The summed E-state index contributed by atoms with van der Waals surface area (Å²) in [5.74, 6) is 0.419. The second-order valence-corrected chi connectivity index (χ2v) is 3.49. The number of nitrogens with one attached hydrogen (secondary N) is 1. The van der Waals surface area contributed by atoms with Crippen LogP contribution in [0.25, 0.3) is 0 Å². The van der Waals surface area contributed by atoms with Crippen molar-refractivity contribution in [1.29, 1.82) is 0 Å². The van der Waals surface area contributed by atoms with E-state index < -0.39 is 0 Å². The van der Waals surface area contributed by atoms with E-state index in [-0.39, 0.29) is 5.91 Å². The van der Waals surface area contributed by atoms with Crippen molar-refractivity contribution < 1.29 is 4.79 Å². The molecule has 3 N–H and O–H groups in total. The quantitative estimate of drug-likeness (QED) is 0.801. The van der Waals surface area contributed by atoms with Crippen molar-refractivity contribution in [3.63, 3.8) is 0 Å². The molecule has 0 radical (unpaired) electrons. The number of amides is 1. The number of nitrogen functional groups attached to an aromatic ring is 1. The van der Waals surface area contributed by atoms with Crippen LogP contribution in [0.4, 0.5) is 11.6 Å². The lowest BCUT2D eigenvalue weighted by atomic mass is 10.2. The maximum absolute atomic E-state index is 11.9. The van der Waals surface area contributed by atoms with E-state index in [1.54, 1.807) is 25.1 Å². The Balaban J connectivity index is 2.20. The zero-order chi connectivity index (χ0) is 12.3. The number of pyridine rings is 1. The molecule has 0 fully saturated rings. The van der Waals surface area contributed by atoms with Crippen molar-refractivity contribution in [2.75, 3.05) is 11.1 Å². The van der Waals surface area contributed by atoms with E-state index in [1.165, 1.54) is 12.3 Å². The summed E-state index contributed by atoms with van der Waals surface area (Å²) < 4.78 is 0. The highest BCUT2D eigenvalue weighted by Gasteiger charge is 2.08. The number of nitrogens with two attached hydrogens (primary N) is 1. The Morgan fingerprint density at radius 3 is 2.88 bits per heavy atom. The molecular formula is C11H11N5O. The second kappa shape index (κ2) is 4.56. The average molecular weight is 229 g/mol. The summed E-state index contributed by atoms with van der Waals surface area (Å²) in [5.41, 5.74) is 6.71. The van der Waals surface area contributed by atoms with E-state index >= 15 is 0 Å². The first-order valence-corrected chi connectivity index (χ1v) is 4.98. The van der Waals surface area contributed by atoms with Gasteiger partial charge in [0, 0.05) is 17.5 Å². The fourth-order valence-corrected chi connectivity index (χ4v) is 1.38. The van der Waals surface area contributed by atoms with Crippen LogP contribution in [-0.2, 0) is 0 Å². The molecule has 86 valence electrons. The minimum atomic E-state index is -0.289. The van der Waals surface area contributed by atoms with Crippen LogP contribution in [0, 0.1) is 6.92 Å². The fraction of sp³-hybridized carbons (Fsp3) is 0.0909. The second-order valence-electron chi connectivity index (χ2n) is 3.49. The minimum Gasteiger partial charge on any atom is -0.384 e. The van der Waals surface area contributed by atoms with Crippen LogP contribution in [0.3, 0.4) is 0 Å². The third-order valence-corrected chi connectivity index (χ3v) is 2.05. The molecule has 0 aliphatic carbocycles. The van der Waals surface area contributed by atoms with E-state index in [9.17, 15) is 4.79 Å². The van der Waals surface area contributed by atoms with Gasteiger partial charge in [0.1, 0.15) is 5.82 Å². The summed E-state index contributed by atoms with van der Waals surface area (Å²) in [5, 5.41) is 10.0. The third kappa shape index (κ3) is 2.75. The highest BCUT2D eigenvalue weighted by atomic mass is 16.1. The van der Waals surface area contributed by atoms with Crippen LogP contribution >= 0.6 is 0 Å². The number of hydrogen-bond donors (Lipinski definition) is 2. The first kappa shape index (κ1) is 11.0. The molecule has 0 aliphatic rings. The fourth-order valence-electron chi connectivity index (χ4n) is 1.38. The van der Waals surface area contributed by atoms with E-state index in [0.717, 1.165) is 0 Å². The number of hydrogen-bond acceptors (Lipinski definition) is 5. The smallest absolute Gasteiger partial charge is 0.257 e. The van der Waals surface area contributed by atoms with Crippen molar-refractivity contribution in [3.05, 3.63) is 41.7 Å². The molecule has 0 aromatic carbocycles. The molecule has 0 atom stereocenters. The Morgan fingerprint density at radius 1 is 1.41 bits per heavy atom. The summed E-state index contributed by atoms with van der Waals surface area (Å²) in [6, 6.07) is 6.51. The Labute approximate surface area is 97.9 Å². The van der Waals surface area contributed by atoms with E-state index in [4.69, 9.17) is 5.73 Å². The molecule has 0 saturated carbocycles. The van der Waals surface area contributed by atoms with Crippen LogP contribution in [0.1, 0.15) is 16.1 Å². The predicted molar refractivity (Wildman–Crippen MR) is 63.4 cm³/mol. The monoisotopic (exact) mass is 229 g/mol. The number of nitrogens with zero attached hydrogens (tertiary/aromatic N) is 3. The average Bonchev–Trinajstić information content (AvgIpc) is 2.29. The number of carbonyl (C=O) groups excluding carboxylic acids is 1. The lowest BCUT2D eigenvalue weighted by Gasteiger charge is -2.04. The van der Waals surface area contributed by atoms with Gasteiger partial charge < -0.3 is 11.1 Å². The lowest BCUT2D eigenvalue weighted by Crippen LogP contribution is -2.14. The Bertz CT molecular complexity index is 521. The van der Waals surface area contributed by atoms with Gasteiger partial charge >= 0.3 is 0 Å². The van der Waals surface area contributed by atoms with Crippen LogP contribution in [-0.4, -0.2) is 21.1 Å². The van der Waals surface area contributed by atoms with Crippen LogP contribution < -0.4 is 11.1 Å². The zero-order valence-corrected chi connectivity index (χ0v) is 9.21. The maximum atomic E-state index is 11.9. The number of carbonyl (C=O) groups is 1. The largest absolute Gasteiger partial charge is 0.384 e. The van der Waals surface area contributed by atoms with Gasteiger partial charge in [-0.2, -0.15) is 5.10 Å². The number of aryl methyl sites for hydroxylation is 1. The van der Waals surface area contributed by atoms with Crippen molar-refractivity contribution in [2.24, 2.45) is 0 Å². The molecule has 2 aromatic heterocycles. The minimum absolute atomic E-state index is 0.289. The van der Waals surface area contributed by atoms with Crippen molar-refractivity contribution in [1.82, 2.24) is 15.2 Å². The van der Waals surface area contributed by atoms with Gasteiger partial charge in [-0.3, -0.25) is 4.79 Å². The summed E-state index contributed by atoms with van der Waals surface area (Å²) in [7, 11) is 0. The molecule has 0 unspecified atom stereocenters. The molecule has 2 rings (SSSR count). The zero-order valence-electron chi connectivity index (χ0n) is 9.21. The molecule has 6 heteroatoms.